The summed E-state index contributed by atoms with van der Waals surface area (Å²) in [5.41, 5.74) is -0.659. The van der Waals surface area contributed by atoms with Crippen molar-refractivity contribution in [1.82, 2.24) is 4.98 Å². The van der Waals surface area contributed by atoms with E-state index < -0.39 is 33.4 Å². The van der Waals surface area contributed by atoms with E-state index in [0.29, 0.717) is 5.56 Å². The largest absolute Gasteiger partial charge is 0.465 e. The van der Waals surface area contributed by atoms with E-state index in [1.807, 2.05) is 0 Å². The summed E-state index contributed by atoms with van der Waals surface area (Å²) < 4.78 is 55.0. The summed E-state index contributed by atoms with van der Waals surface area (Å²) in [6, 6.07) is 5.01. The minimum absolute atomic E-state index is 0.0588. The number of ether oxygens (including phenoxy) is 1. The Kier molecular flexibility index (Phi) is 4.74. The van der Waals surface area contributed by atoms with Crippen LogP contribution < -0.4 is 0 Å². The molecule has 0 bridgehead atoms. The minimum atomic E-state index is -3.77. The van der Waals surface area contributed by atoms with Crippen molar-refractivity contribution in [3.8, 4) is 11.1 Å². The smallest absolute Gasteiger partial charge is 0.338 e. The van der Waals surface area contributed by atoms with E-state index in [1.165, 1.54) is 12.4 Å². The molecule has 0 aliphatic carbocycles. The molecule has 0 fully saturated rings. The van der Waals surface area contributed by atoms with Gasteiger partial charge in [-0.1, -0.05) is 6.07 Å². The van der Waals surface area contributed by atoms with Crippen molar-refractivity contribution in [1.29, 1.82) is 0 Å². The third kappa shape index (κ3) is 3.53. The molecule has 23 heavy (non-hydrogen) atoms. The highest BCUT2D eigenvalue weighted by atomic mass is 32.2. The van der Waals surface area contributed by atoms with Crippen LogP contribution in [0.15, 0.2) is 41.6 Å². The molecule has 8 heteroatoms. The van der Waals surface area contributed by atoms with Crippen LogP contribution in [0.1, 0.15) is 22.3 Å². The van der Waals surface area contributed by atoms with E-state index in [0.717, 1.165) is 25.5 Å². The summed E-state index contributed by atoms with van der Waals surface area (Å²) in [6.45, 7) is 0. The molecule has 0 N–H and O–H groups in total. The van der Waals surface area contributed by atoms with Gasteiger partial charge in [-0.3, -0.25) is 4.98 Å². The lowest BCUT2D eigenvalue weighted by molar-refractivity contribution is 0.0589. The third-order valence-electron chi connectivity index (χ3n) is 3.16. The number of rotatable bonds is 4. The van der Waals surface area contributed by atoms with Gasteiger partial charge < -0.3 is 4.74 Å². The van der Waals surface area contributed by atoms with Crippen LogP contribution in [0.3, 0.4) is 0 Å². The molecule has 1 aromatic carbocycles. The SMILES string of the molecule is COC(=O)c1cc(S(C)(=O)=O)c(-c2cccnc2)cc1C(F)F. The second-order valence-electron chi connectivity index (χ2n) is 4.74. The molecule has 1 aromatic heterocycles. The first-order valence-electron chi connectivity index (χ1n) is 6.40. The topological polar surface area (TPSA) is 73.3 Å². The quantitative estimate of drug-likeness (QED) is 0.800. The van der Waals surface area contributed by atoms with Crippen LogP contribution in [0.5, 0.6) is 0 Å². The Hall–Kier alpha value is -2.35. The standard InChI is InChI=1S/C15H13F2NO4S/c1-22-15(19)12-7-13(23(2,20)21)10(6-11(12)14(16)17)9-4-3-5-18-8-9/h3-8,14H,1-2H3. The first-order valence-corrected chi connectivity index (χ1v) is 8.29. The summed E-state index contributed by atoms with van der Waals surface area (Å²) >= 11 is 0. The van der Waals surface area contributed by atoms with Gasteiger partial charge in [0.05, 0.1) is 17.6 Å². The van der Waals surface area contributed by atoms with Crippen LogP contribution >= 0.6 is 0 Å². The number of halogens is 2. The molecular formula is C15H13F2NO4S. The lowest BCUT2D eigenvalue weighted by Gasteiger charge is -2.14. The number of aromatic nitrogens is 1. The lowest BCUT2D eigenvalue weighted by Crippen LogP contribution is -2.10. The van der Waals surface area contributed by atoms with E-state index in [4.69, 9.17) is 0 Å². The van der Waals surface area contributed by atoms with Crippen LogP contribution in [-0.2, 0) is 14.6 Å². The van der Waals surface area contributed by atoms with Crippen LogP contribution in [0.4, 0.5) is 8.78 Å². The number of esters is 1. The molecule has 0 radical (unpaired) electrons. The van der Waals surface area contributed by atoms with Crippen molar-refractivity contribution in [2.24, 2.45) is 0 Å². The number of carbonyl (C=O) groups is 1. The van der Waals surface area contributed by atoms with E-state index in [-0.39, 0.29) is 10.5 Å². The maximum absolute atomic E-state index is 13.3. The van der Waals surface area contributed by atoms with Gasteiger partial charge in [0.25, 0.3) is 6.43 Å². The molecule has 2 aromatic rings. The number of sulfone groups is 1. The van der Waals surface area contributed by atoms with E-state index in [2.05, 4.69) is 9.72 Å². The van der Waals surface area contributed by atoms with Gasteiger partial charge in [-0.25, -0.2) is 22.0 Å². The van der Waals surface area contributed by atoms with Crippen LogP contribution in [0, 0.1) is 0 Å². The Bertz CT molecular complexity index is 836. The molecule has 122 valence electrons. The molecule has 0 aliphatic rings. The lowest BCUT2D eigenvalue weighted by atomic mass is 10.00. The van der Waals surface area contributed by atoms with Gasteiger partial charge in [0, 0.05) is 35.3 Å². The fourth-order valence-electron chi connectivity index (χ4n) is 2.12. The summed E-state index contributed by atoms with van der Waals surface area (Å²) in [5, 5.41) is 0. The molecule has 0 saturated carbocycles. The first-order chi connectivity index (χ1) is 10.8. The number of carbonyl (C=O) groups excluding carboxylic acids is 1. The molecule has 0 spiro atoms. The van der Waals surface area contributed by atoms with Crippen molar-refractivity contribution >= 4 is 15.8 Å². The normalized spacial score (nSPS) is 11.5. The fraction of sp³-hybridized carbons (Fsp3) is 0.200. The summed E-state index contributed by atoms with van der Waals surface area (Å²) in [7, 11) is -2.73. The van der Waals surface area contributed by atoms with Crippen molar-refractivity contribution in [2.45, 2.75) is 11.3 Å². The molecule has 5 nitrogen and oxygen atoms in total. The van der Waals surface area contributed by atoms with Gasteiger partial charge in [-0.15, -0.1) is 0 Å². The van der Waals surface area contributed by atoms with Gasteiger partial charge in [-0.05, 0) is 18.2 Å². The highest BCUT2D eigenvalue weighted by molar-refractivity contribution is 7.90. The summed E-state index contributed by atoms with van der Waals surface area (Å²) in [5.74, 6) is -1.03. The molecular weight excluding hydrogens is 328 g/mol. The number of hydrogen-bond donors (Lipinski definition) is 0. The summed E-state index contributed by atoms with van der Waals surface area (Å²) in [4.78, 5) is 15.3. The van der Waals surface area contributed by atoms with Crippen molar-refractivity contribution in [3.63, 3.8) is 0 Å². The monoisotopic (exact) mass is 341 g/mol. The van der Waals surface area contributed by atoms with Crippen molar-refractivity contribution < 1.29 is 26.7 Å². The molecule has 2 rings (SSSR count). The second-order valence-corrected chi connectivity index (χ2v) is 6.73. The highest BCUT2D eigenvalue weighted by Crippen LogP contribution is 2.34. The molecule has 1 heterocycles. The number of alkyl halides is 2. The van der Waals surface area contributed by atoms with Crippen molar-refractivity contribution in [3.05, 3.63) is 47.8 Å². The van der Waals surface area contributed by atoms with E-state index in [1.54, 1.807) is 12.1 Å². The Morgan fingerprint density at radius 3 is 2.48 bits per heavy atom. The van der Waals surface area contributed by atoms with E-state index >= 15 is 0 Å². The maximum Gasteiger partial charge on any atom is 0.338 e. The van der Waals surface area contributed by atoms with Gasteiger partial charge in [0.15, 0.2) is 9.84 Å². The molecule has 0 amide bonds. The number of nitrogens with zero attached hydrogens (tertiary/aromatic N) is 1. The average Bonchev–Trinajstić information content (AvgIpc) is 2.52. The predicted octanol–water partition coefficient (Wildman–Crippen LogP) is 2.88. The number of methoxy groups -OCH3 is 1. The Morgan fingerprint density at radius 2 is 2.00 bits per heavy atom. The number of benzene rings is 1. The molecule has 0 unspecified atom stereocenters. The van der Waals surface area contributed by atoms with Gasteiger partial charge in [0.1, 0.15) is 0 Å². The van der Waals surface area contributed by atoms with Crippen molar-refractivity contribution in [2.75, 3.05) is 13.4 Å². The Morgan fingerprint density at radius 1 is 1.30 bits per heavy atom. The second kappa shape index (κ2) is 6.41. The minimum Gasteiger partial charge on any atom is -0.465 e. The number of hydrogen-bond acceptors (Lipinski definition) is 5. The Labute approximate surface area is 131 Å². The predicted molar refractivity (Wildman–Crippen MR) is 79.1 cm³/mol. The van der Waals surface area contributed by atoms with Crippen LogP contribution in [-0.4, -0.2) is 32.7 Å². The first kappa shape index (κ1) is 17.0. The molecule has 0 atom stereocenters. The zero-order chi connectivity index (χ0) is 17.2. The van der Waals surface area contributed by atoms with Gasteiger partial charge in [-0.2, -0.15) is 0 Å². The van der Waals surface area contributed by atoms with E-state index in [9.17, 15) is 22.0 Å². The average molecular weight is 341 g/mol. The number of pyridine rings is 1. The summed E-state index contributed by atoms with van der Waals surface area (Å²) in [6.07, 6.45) is 0.802. The molecule has 0 saturated heterocycles. The van der Waals surface area contributed by atoms with Crippen LogP contribution in [0.2, 0.25) is 0 Å². The maximum atomic E-state index is 13.3. The zero-order valence-electron chi connectivity index (χ0n) is 12.3. The van der Waals surface area contributed by atoms with Gasteiger partial charge in [0.2, 0.25) is 0 Å². The zero-order valence-corrected chi connectivity index (χ0v) is 13.1. The van der Waals surface area contributed by atoms with Gasteiger partial charge >= 0.3 is 5.97 Å². The highest BCUT2D eigenvalue weighted by Gasteiger charge is 2.25. The fourth-order valence-corrected chi connectivity index (χ4v) is 3.03. The molecule has 0 aliphatic heterocycles. The third-order valence-corrected chi connectivity index (χ3v) is 4.30. The van der Waals surface area contributed by atoms with Crippen LogP contribution in [0.25, 0.3) is 11.1 Å². The Balaban J connectivity index is 2.85.